The number of carbonyl (C=O) groups excluding carboxylic acids is 2. The number of amides is 1. The van der Waals surface area contributed by atoms with Gasteiger partial charge in [0.1, 0.15) is 0 Å². The Kier molecular flexibility index (Phi) is 5.89. The Morgan fingerprint density at radius 1 is 0.923 bits per heavy atom. The third kappa shape index (κ3) is 4.59. The molecule has 0 atom stereocenters. The lowest BCUT2D eigenvalue weighted by Gasteiger charge is -2.29. The van der Waals surface area contributed by atoms with Crippen molar-refractivity contribution in [3.05, 3.63) is 79.7 Å². The molecule has 0 radical (unpaired) electrons. The van der Waals surface area contributed by atoms with E-state index in [0.29, 0.717) is 24.2 Å². The van der Waals surface area contributed by atoms with Crippen LogP contribution >= 0.6 is 31.9 Å². The Morgan fingerprint density at radius 3 is 1.77 bits per heavy atom. The summed E-state index contributed by atoms with van der Waals surface area (Å²) in [4.78, 5) is 26.6. The largest absolute Gasteiger partial charge is 0.334 e. The van der Waals surface area contributed by atoms with Crippen molar-refractivity contribution in [3.8, 4) is 0 Å². The molecular formula is C21H17Br2NO2. The van der Waals surface area contributed by atoms with Crippen LogP contribution in [0.1, 0.15) is 18.1 Å². The lowest BCUT2D eigenvalue weighted by atomic mass is 9.94. The first kappa shape index (κ1) is 18.8. The van der Waals surface area contributed by atoms with Gasteiger partial charge in [0.25, 0.3) is 0 Å². The molecule has 3 rings (SSSR count). The maximum Gasteiger partial charge on any atom is 0.220 e. The van der Waals surface area contributed by atoms with Crippen LogP contribution in [-0.4, -0.2) is 29.7 Å². The molecule has 1 heterocycles. The zero-order valence-electron chi connectivity index (χ0n) is 14.2. The van der Waals surface area contributed by atoms with Gasteiger partial charge in [-0.2, -0.15) is 0 Å². The quantitative estimate of drug-likeness (QED) is 0.567. The number of piperidine rings is 1. The van der Waals surface area contributed by atoms with Crippen molar-refractivity contribution in [2.45, 2.75) is 6.92 Å². The molecule has 2 aromatic carbocycles. The number of Topliss-reactive ketones (excluding diaryl/α,β-unsaturated/α-hetero) is 1. The summed E-state index contributed by atoms with van der Waals surface area (Å²) in [6, 6.07) is 15.5. The van der Waals surface area contributed by atoms with E-state index in [9.17, 15) is 9.59 Å². The minimum atomic E-state index is -0.0437. The van der Waals surface area contributed by atoms with Crippen LogP contribution in [0.5, 0.6) is 0 Å². The summed E-state index contributed by atoms with van der Waals surface area (Å²) in [6.07, 6.45) is 3.72. The van der Waals surface area contributed by atoms with Crippen LogP contribution in [0.15, 0.2) is 68.6 Å². The molecular weight excluding hydrogens is 458 g/mol. The molecule has 0 aromatic heterocycles. The number of hydrogen-bond acceptors (Lipinski definition) is 2. The number of carbonyl (C=O) groups is 2. The summed E-state index contributed by atoms with van der Waals surface area (Å²) in [7, 11) is 0. The summed E-state index contributed by atoms with van der Waals surface area (Å²) >= 11 is 6.89. The first-order valence-corrected chi connectivity index (χ1v) is 9.73. The molecule has 0 N–H and O–H groups in total. The zero-order valence-corrected chi connectivity index (χ0v) is 17.4. The van der Waals surface area contributed by atoms with Crippen LogP contribution in [0.4, 0.5) is 0 Å². The Morgan fingerprint density at radius 2 is 1.38 bits per heavy atom. The van der Waals surface area contributed by atoms with E-state index >= 15 is 0 Å². The fourth-order valence-corrected chi connectivity index (χ4v) is 3.69. The first-order chi connectivity index (χ1) is 12.4. The normalized spacial score (nSPS) is 17.8. The fourth-order valence-electron chi connectivity index (χ4n) is 2.86. The lowest BCUT2D eigenvalue weighted by molar-refractivity contribution is -0.129. The smallest absolute Gasteiger partial charge is 0.220 e. The van der Waals surface area contributed by atoms with Gasteiger partial charge in [0.05, 0.1) is 0 Å². The van der Waals surface area contributed by atoms with E-state index in [4.69, 9.17) is 0 Å². The molecule has 0 spiro atoms. The summed E-state index contributed by atoms with van der Waals surface area (Å²) in [5.41, 5.74) is 3.08. The van der Waals surface area contributed by atoms with Crippen LogP contribution in [-0.2, 0) is 9.59 Å². The van der Waals surface area contributed by atoms with Crippen molar-refractivity contribution < 1.29 is 9.59 Å². The fraction of sp³-hybridized carbons (Fsp3) is 0.143. The maximum atomic E-state index is 13.0. The van der Waals surface area contributed by atoms with Gasteiger partial charge in [-0.05, 0) is 47.5 Å². The molecule has 0 unspecified atom stereocenters. The van der Waals surface area contributed by atoms with Crippen LogP contribution in [0, 0.1) is 0 Å². The van der Waals surface area contributed by atoms with Crippen molar-refractivity contribution >= 4 is 55.7 Å². The highest BCUT2D eigenvalue weighted by molar-refractivity contribution is 9.10. The third-order valence-electron chi connectivity index (χ3n) is 4.13. The topological polar surface area (TPSA) is 37.4 Å². The SMILES string of the molecule is CC(=O)N1C/C(=C\c2cccc(Br)c2)C(=O)/C(=C/c2cccc(Br)c2)C1. The zero-order chi connectivity index (χ0) is 18.7. The van der Waals surface area contributed by atoms with Crippen molar-refractivity contribution in [2.24, 2.45) is 0 Å². The summed E-state index contributed by atoms with van der Waals surface area (Å²) in [5.74, 6) is -0.0553. The Labute approximate surface area is 169 Å². The van der Waals surface area contributed by atoms with Crippen LogP contribution in [0.25, 0.3) is 12.2 Å². The van der Waals surface area contributed by atoms with E-state index in [1.807, 2.05) is 60.7 Å². The number of nitrogens with zero attached hydrogens (tertiary/aromatic N) is 1. The number of halogens is 2. The van der Waals surface area contributed by atoms with Gasteiger partial charge in [-0.25, -0.2) is 0 Å². The molecule has 3 nitrogen and oxygen atoms in total. The van der Waals surface area contributed by atoms with E-state index in [1.54, 1.807) is 4.90 Å². The highest BCUT2D eigenvalue weighted by Crippen LogP contribution is 2.24. The second kappa shape index (κ2) is 8.14. The summed E-state index contributed by atoms with van der Waals surface area (Å²) in [5, 5.41) is 0. The lowest BCUT2D eigenvalue weighted by Crippen LogP contribution is -2.40. The molecule has 26 heavy (non-hydrogen) atoms. The number of ketones is 1. The van der Waals surface area contributed by atoms with Crippen LogP contribution in [0.2, 0.25) is 0 Å². The van der Waals surface area contributed by atoms with E-state index in [0.717, 1.165) is 20.1 Å². The molecule has 1 aliphatic heterocycles. The van der Waals surface area contributed by atoms with Gasteiger partial charge in [0.2, 0.25) is 5.91 Å². The van der Waals surface area contributed by atoms with Crippen molar-refractivity contribution in [1.82, 2.24) is 4.90 Å². The molecule has 0 bridgehead atoms. The molecule has 1 saturated heterocycles. The first-order valence-electron chi connectivity index (χ1n) is 8.15. The second-order valence-electron chi connectivity index (χ2n) is 6.15. The van der Waals surface area contributed by atoms with Crippen LogP contribution in [0.3, 0.4) is 0 Å². The van der Waals surface area contributed by atoms with Gasteiger partial charge in [-0.3, -0.25) is 9.59 Å². The summed E-state index contributed by atoms with van der Waals surface area (Å²) in [6.45, 7) is 2.19. The molecule has 5 heteroatoms. The number of likely N-dealkylation sites (tertiary alicyclic amines) is 1. The minimum absolute atomic E-state index is 0.0116. The molecule has 0 aliphatic carbocycles. The van der Waals surface area contributed by atoms with Gasteiger partial charge in [-0.15, -0.1) is 0 Å². The van der Waals surface area contributed by atoms with Gasteiger partial charge in [0, 0.05) is 40.1 Å². The number of benzene rings is 2. The monoisotopic (exact) mass is 473 g/mol. The predicted octanol–water partition coefficient (Wildman–Crippen LogP) is 5.11. The molecule has 0 saturated carbocycles. The van der Waals surface area contributed by atoms with Crippen molar-refractivity contribution in [1.29, 1.82) is 0 Å². The third-order valence-corrected chi connectivity index (χ3v) is 5.12. The Balaban J connectivity index is 2.00. The molecule has 1 aliphatic rings. The van der Waals surface area contributed by atoms with Gasteiger partial charge in [-0.1, -0.05) is 56.1 Å². The average molecular weight is 475 g/mol. The van der Waals surface area contributed by atoms with Crippen molar-refractivity contribution in [2.75, 3.05) is 13.1 Å². The molecule has 132 valence electrons. The second-order valence-corrected chi connectivity index (χ2v) is 7.98. The predicted molar refractivity (Wildman–Crippen MR) is 111 cm³/mol. The molecule has 1 fully saturated rings. The highest BCUT2D eigenvalue weighted by atomic mass is 79.9. The van der Waals surface area contributed by atoms with Gasteiger partial charge < -0.3 is 4.90 Å². The van der Waals surface area contributed by atoms with E-state index in [2.05, 4.69) is 31.9 Å². The van der Waals surface area contributed by atoms with Crippen molar-refractivity contribution in [3.63, 3.8) is 0 Å². The van der Waals surface area contributed by atoms with Crippen LogP contribution < -0.4 is 0 Å². The number of rotatable bonds is 2. The van der Waals surface area contributed by atoms with E-state index in [1.165, 1.54) is 6.92 Å². The highest BCUT2D eigenvalue weighted by Gasteiger charge is 2.27. The standard InChI is InChI=1S/C21H17Br2NO2/c1-14(25)24-12-17(8-15-4-2-6-19(22)10-15)21(26)18(13-24)9-16-5-3-7-20(23)11-16/h2-11H,12-13H2,1H3/b17-8+,18-9+. The van der Waals surface area contributed by atoms with Gasteiger partial charge >= 0.3 is 0 Å². The average Bonchev–Trinajstić information content (AvgIpc) is 2.58. The Bertz CT molecular complexity index is 864. The number of hydrogen-bond donors (Lipinski definition) is 0. The molecule has 1 amide bonds. The Hall–Kier alpha value is -1.98. The van der Waals surface area contributed by atoms with E-state index < -0.39 is 0 Å². The minimum Gasteiger partial charge on any atom is -0.334 e. The maximum absolute atomic E-state index is 13.0. The summed E-state index contributed by atoms with van der Waals surface area (Å²) < 4.78 is 1.90. The van der Waals surface area contributed by atoms with E-state index in [-0.39, 0.29) is 11.7 Å². The molecule has 2 aromatic rings. The van der Waals surface area contributed by atoms with Gasteiger partial charge in [0.15, 0.2) is 5.78 Å².